The number of carbonyl (C=O) groups excluding carboxylic acids is 1. The van der Waals surface area contributed by atoms with Crippen LogP contribution in [0.3, 0.4) is 0 Å². The molecule has 3 rings (SSSR count). The van der Waals surface area contributed by atoms with Gasteiger partial charge in [0.05, 0.1) is 12.5 Å². The van der Waals surface area contributed by atoms with Crippen LogP contribution < -0.4 is 0 Å². The van der Waals surface area contributed by atoms with Crippen LogP contribution in [0.5, 0.6) is 0 Å². The third-order valence-corrected chi connectivity index (χ3v) is 2.97. The first-order chi connectivity index (χ1) is 8.77. The SMILES string of the molecule is Cn1cncc1C(=O)c1cccc2cnccc12. The van der Waals surface area contributed by atoms with E-state index in [1.807, 2.05) is 31.3 Å². The lowest BCUT2D eigenvalue weighted by Gasteiger charge is -2.05. The van der Waals surface area contributed by atoms with Crippen molar-refractivity contribution in [3.8, 4) is 0 Å². The second kappa shape index (κ2) is 4.07. The van der Waals surface area contributed by atoms with Crippen LogP contribution in [0.15, 0.2) is 49.2 Å². The first-order valence-corrected chi connectivity index (χ1v) is 5.61. The van der Waals surface area contributed by atoms with Gasteiger partial charge < -0.3 is 4.57 Å². The number of benzene rings is 1. The van der Waals surface area contributed by atoms with Crippen molar-refractivity contribution >= 4 is 16.6 Å². The zero-order valence-corrected chi connectivity index (χ0v) is 9.87. The van der Waals surface area contributed by atoms with Gasteiger partial charge in [-0.05, 0) is 11.5 Å². The Hall–Kier alpha value is -2.49. The highest BCUT2D eigenvalue weighted by molar-refractivity contribution is 6.15. The molecule has 0 unspecified atom stereocenters. The fraction of sp³-hybridized carbons (Fsp3) is 0.0714. The summed E-state index contributed by atoms with van der Waals surface area (Å²) in [6.45, 7) is 0. The van der Waals surface area contributed by atoms with Gasteiger partial charge in [-0.25, -0.2) is 4.98 Å². The standard InChI is InChI=1S/C14H11N3O/c1-17-9-16-8-13(17)14(18)12-4-2-3-10-7-15-6-5-11(10)12/h2-9H,1H3. The largest absolute Gasteiger partial charge is 0.331 e. The Kier molecular flexibility index (Phi) is 2.41. The molecule has 0 fully saturated rings. The summed E-state index contributed by atoms with van der Waals surface area (Å²) in [5.41, 5.74) is 1.26. The van der Waals surface area contributed by atoms with E-state index in [2.05, 4.69) is 9.97 Å². The normalized spacial score (nSPS) is 10.7. The summed E-state index contributed by atoms with van der Waals surface area (Å²) in [4.78, 5) is 20.5. The third-order valence-electron chi connectivity index (χ3n) is 2.97. The first-order valence-electron chi connectivity index (χ1n) is 5.61. The highest BCUT2D eigenvalue weighted by atomic mass is 16.1. The van der Waals surface area contributed by atoms with Crippen LogP contribution in [-0.2, 0) is 7.05 Å². The molecule has 2 aromatic heterocycles. The summed E-state index contributed by atoms with van der Waals surface area (Å²) in [5, 5.41) is 1.88. The molecular formula is C14H11N3O. The molecule has 3 aromatic rings. The number of rotatable bonds is 2. The molecule has 0 amide bonds. The number of hydrogen-bond acceptors (Lipinski definition) is 3. The fourth-order valence-corrected chi connectivity index (χ4v) is 2.03. The van der Waals surface area contributed by atoms with E-state index in [-0.39, 0.29) is 5.78 Å². The summed E-state index contributed by atoms with van der Waals surface area (Å²) in [6, 6.07) is 7.51. The highest BCUT2D eigenvalue weighted by Crippen LogP contribution is 2.20. The lowest BCUT2D eigenvalue weighted by atomic mass is 10.0. The minimum absolute atomic E-state index is 0.0215. The van der Waals surface area contributed by atoms with Crippen LogP contribution in [0.4, 0.5) is 0 Å². The zero-order chi connectivity index (χ0) is 12.5. The molecular weight excluding hydrogens is 226 g/mol. The van der Waals surface area contributed by atoms with Crippen molar-refractivity contribution in [3.63, 3.8) is 0 Å². The summed E-state index contributed by atoms with van der Waals surface area (Å²) in [7, 11) is 1.81. The van der Waals surface area contributed by atoms with E-state index in [1.165, 1.54) is 0 Å². The van der Waals surface area contributed by atoms with Gasteiger partial charge in [-0.2, -0.15) is 0 Å². The summed E-state index contributed by atoms with van der Waals surface area (Å²) in [5.74, 6) is -0.0215. The maximum absolute atomic E-state index is 12.5. The minimum atomic E-state index is -0.0215. The lowest BCUT2D eigenvalue weighted by Crippen LogP contribution is -2.07. The van der Waals surface area contributed by atoms with Crippen LogP contribution >= 0.6 is 0 Å². The summed E-state index contributed by atoms with van der Waals surface area (Å²) >= 11 is 0. The second-order valence-electron chi connectivity index (χ2n) is 4.12. The van der Waals surface area contributed by atoms with Crippen molar-refractivity contribution < 1.29 is 4.79 Å². The van der Waals surface area contributed by atoms with Gasteiger partial charge in [0.1, 0.15) is 5.69 Å². The molecule has 0 spiro atoms. The zero-order valence-electron chi connectivity index (χ0n) is 9.87. The first kappa shape index (κ1) is 10.7. The highest BCUT2D eigenvalue weighted by Gasteiger charge is 2.14. The molecule has 0 aliphatic heterocycles. The van der Waals surface area contributed by atoms with Gasteiger partial charge in [-0.15, -0.1) is 0 Å². The maximum Gasteiger partial charge on any atom is 0.211 e. The Morgan fingerprint density at radius 2 is 2.06 bits per heavy atom. The molecule has 0 bridgehead atoms. The van der Waals surface area contributed by atoms with Crippen molar-refractivity contribution in [2.45, 2.75) is 0 Å². The van der Waals surface area contributed by atoms with Crippen LogP contribution in [0.1, 0.15) is 16.1 Å². The number of ketones is 1. The Morgan fingerprint density at radius 1 is 1.17 bits per heavy atom. The molecule has 0 saturated carbocycles. The average Bonchev–Trinajstić information content (AvgIpc) is 2.83. The van der Waals surface area contributed by atoms with Gasteiger partial charge in [0, 0.05) is 30.4 Å². The topological polar surface area (TPSA) is 47.8 Å². The van der Waals surface area contributed by atoms with Crippen LogP contribution in [0.25, 0.3) is 10.8 Å². The quantitative estimate of drug-likeness (QED) is 0.642. The number of imidazole rings is 1. The van der Waals surface area contributed by atoms with E-state index < -0.39 is 0 Å². The molecule has 0 atom stereocenters. The van der Waals surface area contributed by atoms with Gasteiger partial charge in [0.15, 0.2) is 0 Å². The smallest absolute Gasteiger partial charge is 0.211 e. The molecule has 0 saturated heterocycles. The number of fused-ring (bicyclic) bond motifs is 1. The second-order valence-corrected chi connectivity index (χ2v) is 4.12. The molecule has 4 nitrogen and oxygen atoms in total. The molecule has 4 heteroatoms. The van der Waals surface area contributed by atoms with E-state index in [0.717, 1.165) is 10.8 Å². The molecule has 0 N–H and O–H groups in total. The Morgan fingerprint density at radius 3 is 2.83 bits per heavy atom. The number of nitrogens with zero attached hydrogens (tertiary/aromatic N) is 3. The predicted octanol–water partition coefficient (Wildman–Crippen LogP) is 2.20. The van der Waals surface area contributed by atoms with Gasteiger partial charge >= 0.3 is 0 Å². The monoisotopic (exact) mass is 237 g/mol. The van der Waals surface area contributed by atoms with E-state index in [1.54, 1.807) is 29.5 Å². The number of aromatic nitrogens is 3. The van der Waals surface area contributed by atoms with E-state index in [9.17, 15) is 4.79 Å². The van der Waals surface area contributed by atoms with E-state index in [4.69, 9.17) is 0 Å². The fourth-order valence-electron chi connectivity index (χ4n) is 2.03. The molecule has 0 radical (unpaired) electrons. The molecule has 0 aliphatic rings. The molecule has 2 heterocycles. The third kappa shape index (κ3) is 1.59. The van der Waals surface area contributed by atoms with Crippen LogP contribution in [0.2, 0.25) is 0 Å². The number of pyridine rings is 1. The van der Waals surface area contributed by atoms with Crippen molar-refractivity contribution in [2.24, 2.45) is 7.05 Å². The van der Waals surface area contributed by atoms with Crippen LogP contribution in [-0.4, -0.2) is 20.3 Å². The van der Waals surface area contributed by atoms with Gasteiger partial charge in [0.25, 0.3) is 0 Å². The average molecular weight is 237 g/mol. The Labute approximate surface area is 104 Å². The van der Waals surface area contributed by atoms with Crippen molar-refractivity contribution in [2.75, 3.05) is 0 Å². The Balaban J connectivity index is 2.21. The number of aryl methyl sites for hydroxylation is 1. The van der Waals surface area contributed by atoms with Crippen molar-refractivity contribution in [3.05, 3.63) is 60.4 Å². The van der Waals surface area contributed by atoms with Crippen molar-refractivity contribution in [1.29, 1.82) is 0 Å². The van der Waals surface area contributed by atoms with Gasteiger partial charge in [-0.1, -0.05) is 18.2 Å². The number of hydrogen-bond donors (Lipinski definition) is 0. The van der Waals surface area contributed by atoms with Gasteiger partial charge in [0.2, 0.25) is 5.78 Å². The maximum atomic E-state index is 12.5. The van der Waals surface area contributed by atoms with Gasteiger partial charge in [-0.3, -0.25) is 9.78 Å². The number of carbonyl (C=O) groups is 1. The van der Waals surface area contributed by atoms with Crippen molar-refractivity contribution in [1.82, 2.24) is 14.5 Å². The summed E-state index contributed by atoms with van der Waals surface area (Å²) < 4.78 is 1.72. The molecule has 88 valence electrons. The summed E-state index contributed by atoms with van der Waals surface area (Å²) in [6.07, 6.45) is 6.67. The van der Waals surface area contributed by atoms with E-state index in [0.29, 0.717) is 11.3 Å². The molecule has 18 heavy (non-hydrogen) atoms. The van der Waals surface area contributed by atoms with E-state index >= 15 is 0 Å². The van der Waals surface area contributed by atoms with Crippen LogP contribution in [0, 0.1) is 0 Å². The lowest BCUT2D eigenvalue weighted by molar-refractivity contribution is 0.103. The minimum Gasteiger partial charge on any atom is -0.331 e. The molecule has 0 aliphatic carbocycles. The Bertz CT molecular complexity index is 725. The molecule has 1 aromatic carbocycles. The predicted molar refractivity (Wildman–Crippen MR) is 68.4 cm³/mol.